The summed E-state index contributed by atoms with van der Waals surface area (Å²) in [7, 11) is 0.669. The lowest BCUT2D eigenvalue weighted by atomic mass is 10.2. The Kier molecular flexibility index (Phi) is 6.51. The lowest BCUT2D eigenvalue weighted by molar-refractivity contribution is -0.114. The summed E-state index contributed by atoms with van der Waals surface area (Å²) < 4.78 is 41.0. The van der Waals surface area contributed by atoms with Gasteiger partial charge in [-0.3, -0.25) is 9.10 Å². The van der Waals surface area contributed by atoms with Gasteiger partial charge in [0.2, 0.25) is 15.9 Å². The molecule has 2 rings (SSSR count). The molecule has 0 aliphatic heterocycles. The number of nitrogens with zero attached hydrogens (tertiary/aromatic N) is 1. The summed E-state index contributed by atoms with van der Waals surface area (Å²) in [6, 6.07) is 11.4. The van der Waals surface area contributed by atoms with Crippen LogP contribution in [0.15, 0.2) is 42.5 Å². The summed E-state index contributed by atoms with van der Waals surface area (Å²) in [6.07, 6.45) is 1.02. The molecule has 1 N–H and O–H groups in total. The molecule has 1 amide bonds. The first kappa shape index (κ1) is 20.4. The van der Waals surface area contributed by atoms with Gasteiger partial charge in [-0.15, -0.1) is 0 Å². The molecule has 0 aliphatic rings. The van der Waals surface area contributed by atoms with Gasteiger partial charge in [-0.05, 0) is 36.4 Å². The van der Waals surface area contributed by atoms with Crippen LogP contribution in [0.3, 0.4) is 0 Å². The molecule has 0 bridgehead atoms. The summed E-state index contributed by atoms with van der Waals surface area (Å²) in [4.78, 5) is 12.4. The highest BCUT2D eigenvalue weighted by atomic mass is 32.2. The van der Waals surface area contributed by atoms with Gasteiger partial charge in [0.1, 0.15) is 23.8 Å². The Morgan fingerprint density at radius 1 is 0.963 bits per heavy atom. The van der Waals surface area contributed by atoms with Crippen molar-refractivity contribution in [1.82, 2.24) is 0 Å². The molecule has 0 spiro atoms. The van der Waals surface area contributed by atoms with E-state index >= 15 is 0 Å². The van der Waals surface area contributed by atoms with Gasteiger partial charge < -0.3 is 19.5 Å². The molecule has 2 aromatic carbocycles. The van der Waals surface area contributed by atoms with Crippen LogP contribution in [0.5, 0.6) is 17.2 Å². The molecule has 9 heteroatoms. The predicted molar refractivity (Wildman–Crippen MR) is 103 cm³/mol. The predicted octanol–water partition coefficient (Wildman–Crippen LogP) is 2.12. The monoisotopic (exact) mass is 394 g/mol. The number of amides is 1. The van der Waals surface area contributed by atoms with Crippen LogP contribution in [-0.4, -0.2) is 48.5 Å². The lowest BCUT2D eigenvalue weighted by Gasteiger charge is -2.24. The minimum Gasteiger partial charge on any atom is -0.497 e. The quantitative estimate of drug-likeness (QED) is 0.737. The highest BCUT2D eigenvalue weighted by Gasteiger charge is 2.24. The molecule has 27 heavy (non-hydrogen) atoms. The number of methoxy groups -OCH3 is 3. The summed E-state index contributed by atoms with van der Waals surface area (Å²) in [5.74, 6) is 0.885. The topological polar surface area (TPSA) is 94.2 Å². The van der Waals surface area contributed by atoms with E-state index in [9.17, 15) is 13.2 Å². The van der Waals surface area contributed by atoms with Crippen molar-refractivity contribution < 1.29 is 27.4 Å². The first-order valence-electron chi connectivity index (χ1n) is 7.92. The van der Waals surface area contributed by atoms with Crippen molar-refractivity contribution in [3.8, 4) is 17.2 Å². The SMILES string of the molecule is COc1ccc(NC(=O)CN(c2cc(OC)ccc2OC)S(C)(=O)=O)cc1. The van der Waals surface area contributed by atoms with E-state index in [-0.39, 0.29) is 5.69 Å². The highest BCUT2D eigenvalue weighted by molar-refractivity contribution is 7.92. The van der Waals surface area contributed by atoms with Crippen LogP contribution < -0.4 is 23.8 Å². The van der Waals surface area contributed by atoms with Crippen molar-refractivity contribution in [2.45, 2.75) is 0 Å². The van der Waals surface area contributed by atoms with Crippen LogP contribution >= 0.6 is 0 Å². The number of ether oxygens (including phenoxy) is 3. The molecule has 0 aliphatic carbocycles. The van der Waals surface area contributed by atoms with E-state index in [0.717, 1.165) is 10.6 Å². The molecular formula is C18H22N2O6S. The first-order chi connectivity index (χ1) is 12.8. The van der Waals surface area contributed by atoms with Crippen LogP contribution in [0, 0.1) is 0 Å². The van der Waals surface area contributed by atoms with Crippen molar-refractivity contribution in [1.29, 1.82) is 0 Å². The Bertz CT molecular complexity index is 897. The number of anilines is 2. The summed E-state index contributed by atoms with van der Waals surface area (Å²) in [6.45, 7) is -0.422. The number of nitrogens with one attached hydrogen (secondary N) is 1. The highest BCUT2D eigenvalue weighted by Crippen LogP contribution is 2.33. The van der Waals surface area contributed by atoms with E-state index in [0.29, 0.717) is 22.9 Å². The largest absolute Gasteiger partial charge is 0.497 e. The van der Waals surface area contributed by atoms with Crippen LogP contribution in [0.25, 0.3) is 0 Å². The van der Waals surface area contributed by atoms with E-state index in [1.165, 1.54) is 20.3 Å². The third-order valence-electron chi connectivity index (χ3n) is 3.72. The number of carbonyl (C=O) groups is 1. The third kappa shape index (κ3) is 5.27. The summed E-state index contributed by atoms with van der Waals surface area (Å²) >= 11 is 0. The Balaban J connectivity index is 2.28. The minimum atomic E-state index is -3.76. The van der Waals surface area contributed by atoms with E-state index in [4.69, 9.17) is 14.2 Å². The Morgan fingerprint density at radius 3 is 2.07 bits per heavy atom. The van der Waals surface area contributed by atoms with Gasteiger partial charge in [0.15, 0.2) is 0 Å². The molecule has 146 valence electrons. The zero-order valence-corrected chi connectivity index (χ0v) is 16.4. The number of hydrogen-bond donors (Lipinski definition) is 1. The molecule has 8 nitrogen and oxygen atoms in total. The van der Waals surface area contributed by atoms with Gasteiger partial charge >= 0.3 is 0 Å². The number of rotatable bonds is 8. The molecule has 0 atom stereocenters. The van der Waals surface area contributed by atoms with Gasteiger partial charge in [-0.1, -0.05) is 0 Å². The van der Waals surface area contributed by atoms with Crippen molar-refractivity contribution in [3.05, 3.63) is 42.5 Å². The Morgan fingerprint density at radius 2 is 1.56 bits per heavy atom. The smallest absolute Gasteiger partial charge is 0.245 e. The fourth-order valence-corrected chi connectivity index (χ4v) is 3.23. The molecular weight excluding hydrogens is 372 g/mol. The number of carbonyl (C=O) groups excluding carboxylic acids is 1. The van der Waals surface area contributed by atoms with Gasteiger partial charge in [-0.2, -0.15) is 0 Å². The standard InChI is InChI=1S/C18H22N2O6S/c1-24-14-7-5-13(6-8-14)19-18(21)12-20(27(4,22)23)16-11-15(25-2)9-10-17(16)26-3/h5-11H,12H2,1-4H3,(H,19,21). The van der Waals surface area contributed by atoms with Crippen molar-refractivity contribution >= 4 is 27.3 Å². The van der Waals surface area contributed by atoms with Crippen molar-refractivity contribution in [3.63, 3.8) is 0 Å². The van der Waals surface area contributed by atoms with Crippen LogP contribution in [0.4, 0.5) is 11.4 Å². The molecule has 0 saturated heterocycles. The van der Waals surface area contributed by atoms with Crippen LogP contribution in [0.1, 0.15) is 0 Å². The summed E-state index contributed by atoms with van der Waals surface area (Å²) in [5.41, 5.74) is 0.732. The second-order valence-corrected chi connectivity index (χ2v) is 7.49. The molecule has 0 aromatic heterocycles. The average molecular weight is 394 g/mol. The van der Waals surface area contributed by atoms with Crippen molar-refractivity contribution in [2.75, 3.05) is 43.8 Å². The number of benzene rings is 2. The molecule has 0 heterocycles. The van der Waals surface area contributed by atoms with E-state index < -0.39 is 22.5 Å². The maximum absolute atomic E-state index is 12.4. The summed E-state index contributed by atoms with van der Waals surface area (Å²) in [5, 5.41) is 2.66. The van der Waals surface area contributed by atoms with Crippen LogP contribution in [-0.2, 0) is 14.8 Å². The second-order valence-electron chi connectivity index (χ2n) is 5.58. The average Bonchev–Trinajstić information content (AvgIpc) is 2.65. The molecule has 0 unspecified atom stereocenters. The van der Waals surface area contributed by atoms with Gasteiger partial charge in [0.25, 0.3) is 0 Å². The Labute approximate surface area is 158 Å². The first-order valence-corrected chi connectivity index (χ1v) is 9.77. The Hall–Kier alpha value is -2.94. The third-order valence-corrected chi connectivity index (χ3v) is 4.84. The zero-order chi connectivity index (χ0) is 20.0. The fraction of sp³-hybridized carbons (Fsp3) is 0.278. The second kappa shape index (κ2) is 8.63. The molecule has 2 aromatic rings. The minimum absolute atomic E-state index is 0.212. The van der Waals surface area contributed by atoms with E-state index in [2.05, 4.69) is 5.32 Å². The zero-order valence-electron chi connectivity index (χ0n) is 15.6. The van der Waals surface area contributed by atoms with Crippen LogP contribution in [0.2, 0.25) is 0 Å². The van der Waals surface area contributed by atoms with Gasteiger partial charge in [0.05, 0.1) is 33.3 Å². The fourth-order valence-electron chi connectivity index (χ4n) is 2.38. The number of sulfonamides is 1. The van der Waals surface area contributed by atoms with E-state index in [1.807, 2.05) is 0 Å². The van der Waals surface area contributed by atoms with E-state index in [1.54, 1.807) is 43.5 Å². The number of hydrogen-bond acceptors (Lipinski definition) is 6. The van der Waals surface area contributed by atoms with Gasteiger partial charge in [0, 0.05) is 11.8 Å². The molecule has 0 radical (unpaired) electrons. The van der Waals surface area contributed by atoms with Gasteiger partial charge in [-0.25, -0.2) is 8.42 Å². The molecule has 0 fully saturated rings. The maximum Gasteiger partial charge on any atom is 0.245 e. The molecule has 0 saturated carbocycles. The normalized spacial score (nSPS) is 10.8. The maximum atomic E-state index is 12.4. The van der Waals surface area contributed by atoms with Crippen molar-refractivity contribution in [2.24, 2.45) is 0 Å². The lowest BCUT2D eigenvalue weighted by Crippen LogP contribution is -2.37.